The molecule has 2 N–H and O–H groups in total. The molecular weight excluding hydrogens is 290 g/mol. The number of rotatable bonds is 7. The second kappa shape index (κ2) is 8.68. The average Bonchev–Trinajstić information content (AvgIpc) is 2.61. The van der Waals surface area contributed by atoms with Crippen molar-refractivity contribution in [3.8, 4) is 0 Å². The van der Waals surface area contributed by atoms with Crippen molar-refractivity contribution in [2.45, 2.75) is 26.3 Å². The fourth-order valence-corrected chi connectivity index (χ4v) is 2.07. The lowest BCUT2D eigenvalue weighted by atomic mass is 10.1. The highest BCUT2D eigenvalue weighted by atomic mass is 16.2. The zero-order valence-electron chi connectivity index (χ0n) is 13.2. The van der Waals surface area contributed by atoms with E-state index in [2.05, 4.69) is 22.5 Å². The number of hydrogen-bond donors (Lipinski definition) is 2. The van der Waals surface area contributed by atoms with E-state index in [0.29, 0.717) is 24.2 Å². The second-order valence-electron chi connectivity index (χ2n) is 5.23. The Morgan fingerprint density at radius 3 is 2.30 bits per heavy atom. The van der Waals surface area contributed by atoms with E-state index in [1.54, 1.807) is 36.7 Å². The van der Waals surface area contributed by atoms with Gasteiger partial charge in [0.25, 0.3) is 11.8 Å². The highest BCUT2D eigenvalue weighted by Gasteiger charge is 2.10. The van der Waals surface area contributed by atoms with Gasteiger partial charge in [-0.15, -0.1) is 0 Å². The molecular formula is C18H21N3O2. The van der Waals surface area contributed by atoms with Gasteiger partial charge in [-0.25, -0.2) is 0 Å². The number of amides is 2. The normalized spacial score (nSPS) is 10.1. The third kappa shape index (κ3) is 5.21. The molecule has 0 atom stereocenters. The molecule has 2 rings (SSSR count). The fraction of sp³-hybridized carbons (Fsp3) is 0.278. The van der Waals surface area contributed by atoms with Crippen LogP contribution in [0.4, 0.5) is 0 Å². The van der Waals surface area contributed by atoms with Crippen molar-refractivity contribution in [2.24, 2.45) is 0 Å². The SMILES string of the molecule is CCCCNC(=O)c1cccc(C(=O)NCc2ccncc2)c1. The molecule has 0 saturated carbocycles. The zero-order valence-corrected chi connectivity index (χ0v) is 13.2. The molecule has 0 unspecified atom stereocenters. The van der Waals surface area contributed by atoms with Crippen LogP contribution < -0.4 is 10.6 Å². The van der Waals surface area contributed by atoms with Gasteiger partial charge in [-0.3, -0.25) is 14.6 Å². The Morgan fingerprint density at radius 2 is 1.65 bits per heavy atom. The first kappa shape index (κ1) is 16.7. The van der Waals surface area contributed by atoms with E-state index in [4.69, 9.17) is 0 Å². The van der Waals surface area contributed by atoms with Crippen LogP contribution in [-0.4, -0.2) is 23.3 Å². The predicted molar refractivity (Wildman–Crippen MR) is 89.1 cm³/mol. The third-order valence-electron chi connectivity index (χ3n) is 3.41. The molecule has 1 aromatic heterocycles. The van der Waals surface area contributed by atoms with E-state index in [0.717, 1.165) is 18.4 Å². The van der Waals surface area contributed by atoms with E-state index >= 15 is 0 Å². The molecule has 2 aromatic rings. The monoisotopic (exact) mass is 311 g/mol. The Kier molecular flexibility index (Phi) is 6.29. The number of nitrogens with one attached hydrogen (secondary N) is 2. The van der Waals surface area contributed by atoms with Gasteiger partial charge >= 0.3 is 0 Å². The Morgan fingerprint density at radius 1 is 1.00 bits per heavy atom. The van der Waals surface area contributed by atoms with Crippen molar-refractivity contribution in [1.82, 2.24) is 15.6 Å². The Labute approximate surface area is 136 Å². The highest BCUT2D eigenvalue weighted by molar-refractivity contribution is 5.99. The summed E-state index contributed by atoms with van der Waals surface area (Å²) < 4.78 is 0. The summed E-state index contributed by atoms with van der Waals surface area (Å²) in [5.74, 6) is -0.354. The van der Waals surface area contributed by atoms with E-state index in [9.17, 15) is 9.59 Å². The highest BCUT2D eigenvalue weighted by Crippen LogP contribution is 2.06. The standard InChI is InChI=1S/C18H21N3O2/c1-2-3-9-20-17(22)15-5-4-6-16(12-15)18(23)21-13-14-7-10-19-11-8-14/h4-8,10-12H,2-3,9,13H2,1H3,(H,20,22)(H,21,23). The minimum atomic E-state index is -0.204. The van der Waals surface area contributed by atoms with Gasteiger partial charge in [0, 0.05) is 36.6 Å². The maximum atomic E-state index is 12.2. The lowest BCUT2D eigenvalue weighted by Crippen LogP contribution is -2.26. The van der Waals surface area contributed by atoms with Gasteiger partial charge in [0.15, 0.2) is 0 Å². The molecule has 0 bridgehead atoms. The van der Waals surface area contributed by atoms with Crippen molar-refractivity contribution in [3.63, 3.8) is 0 Å². The number of carbonyl (C=O) groups excluding carboxylic acids is 2. The Balaban J connectivity index is 1.95. The van der Waals surface area contributed by atoms with E-state index in [1.165, 1.54) is 0 Å². The van der Waals surface area contributed by atoms with E-state index < -0.39 is 0 Å². The molecule has 0 saturated heterocycles. The molecule has 1 aromatic carbocycles. The molecule has 0 spiro atoms. The van der Waals surface area contributed by atoms with Crippen LogP contribution >= 0.6 is 0 Å². The topological polar surface area (TPSA) is 71.1 Å². The van der Waals surface area contributed by atoms with Crippen LogP contribution in [0.5, 0.6) is 0 Å². The molecule has 0 fully saturated rings. The number of hydrogen-bond acceptors (Lipinski definition) is 3. The molecule has 0 aliphatic carbocycles. The van der Waals surface area contributed by atoms with Crippen molar-refractivity contribution in [2.75, 3.05) is 6.54 Å². The summed E-state index contributed by atoms with van der Waals surface area (Å²) in [6.45, 7) is 3.14. The number of benzene rings is 1. The van der Waals surface area contributed by atoms with Gasteiger partial charge < -0.3 is 10.6 Å². The summed E-state index contributed by atoms with van der Waals surface area (Å²) >= 11 is 0. The molecule has 0 aliphatic heterocycles. The summed E-state index contributed by atoms with van der Waals surface area (Å²) in [5, 5.41) is 5.68. The first-order chi connectivity index (χ1) is 11.2. The lowest BCUT2D eigenvalue weighted by molar-refractivity contribution is 0.0950. The van der Waals surface area contributed by atoms with Gasteiger partial charge in [0.05, 0.1) is 0 Å². The summed E-state index contributed by atoms with van der Waals surface area (Å²) in [6, 6.07) is 10.4. The fourth-order valence-electron chi connectivity index (χ4n) is 2.07. The second-order valence-corrected chi connectivity index (χ2v) is 5.23. The maximum absolute atomic E-state index is 12.2. The van der Waals surface area contributed by atoms with Crippen LogP contribution in [0, 0.1) is 0 Å². The van der Waals surface area contributed by atoms with Crippen LogP contribution in [-0.2, 0) is 6.54 Å². The number of aromatic nitrogens is 1. The predicted octanol–water partition coefficient (Wildman–Crippen LogP) is 2.54. The van der Waals surface area contributed by atoms with Crippen LogP contribution in [0.25, 0.3) is 0 Å². The van der Waals surface area contributed by atoms with Crippen LogP contribution in [0.15, 0.2) is 48.8 Å². The van der Waals surface area contributed by atoms with Gasteiger partial charge in [0.1, 0.15) is 0 Å². The zero-order chi connectivity index (χ0) is 16.5. The van der Waals surface area contributed by atoms with Gasteiger partial charge in [0.2, 0.25) is 0 Å². The summed E-state index contributed by atoms with van der Waals surface area (Å²) in [7, 11) is 0. The van der Waals surface area contributed by atoms with Crippen molar-refractivity contribution >= 4 is 11.8 Å². The minimum Gasteiger partial charge on any atom is -0.352 e. The smallest absolute Gasteiger partial charge is 0.251 e. The molecule has 5 heteroatoms. The first-order valence-corrected chi connectivity index (χ1v) is 7.76. The quantitative estimate of drug-likeness (QED) is 0.772. The number of nitrogens with zero attached hydrogens (tertiary/aromatic N) is 1. The molecule has 1 heterocycles. The van der Waals surface area contributed by atoms with Gasteiger partial charge in [-0.2, -0.15) is 0 Å². The summed E-state index contributed by atoms with van der Waals surface area (Å²) in [5.41, 5.74) is 1.95. The van der Waals surface area contributed by atoms with Gasteiger partial charge in [-0.05, 0) is 42.3 Å². The van der Waals surface area contributed by atoms with Crippen LogP contribution in [0.2, 0.25) is 0 Å². The first-order valence-electron chi connectivity index (χ1n) is 7.76. The third-order valence-corrected chi connectivity index (χ3v) is 3.41. The van der Waals surface area contributed by atoms with E-state index in [1.807, 2.05) is 12.1 Å². The lowest BCUT2D eigenvalue weighted by Gasteiger charge is -2.08. The van der Waals surface area contributed by atoms with Crippen molar-refractivity contribution in [3.05, 3.63) is 65.5 Å². The largest absolute Gasteiger partial charge is 0.352 e. The van der Waals surface area contributed by atoms with Crippen LogP contribution in [0.3, 0.4) is 0 Å². The van der Waals surface area contributed by atoms with Crippen molar-refractivity contribution < 1.29 is 9.59 Å². The maximum Gasteiger partial charge on any atom is 0.251 e. The molecule has 0 aliphatic rings. The molecule has 0 radical (unpaired) electrons. The number of pyridine rings is 1. The number of unbranched alkanes of at least 4 members (excludes halogenated alkanes) is 1. The Bertz CT molecular complexity index is 656. The summed E-state index contributed by atoms with van der Waals surface area (Å²) in [4.78, 5) is 28.2. The van der Waals surface area contributed by atoms with E-state index in [-0.39, 0.29) is 11.8 Å². The van der Waals surface area contributed by atoms with Crippen molar-refractivity contribution in [1.29, 1.82) is 0 Å². The average molecular weight is 311 g/mol. The summed E-state index contributed by atoms with van der Waals surface area (Å²) in [6.07, 6.45) is 5.33. The molecule has 23 heavy (non-hydrogen) atoms. The molecule has 120 valence electrons. The Hall–Kier alpha value is -2.69. The molecule has 2 amide bonds. The molecule has 5 nitrogen and oxygen atoms in total. The van der Waals surface area contributed by atoms with Crippen LogP contribution in [0.1, 0.15) is 46.0 Å². The number of carbonyl (C=O) groups is 2. The minimum absolute atomic E-state index is 0.151. The van der Waals surface area contributed by atoms with Gasteiger partial charge in [-0.1, -0.05) is 19.4 Å².